The number of methoxy groups -OCH3 is 1. The quantitative estimate of drug-likeness (QED) is 0.531. The molecule has 0 unspecified atom stereocenters. The van der Waals surface area contributed by atoms with Crippen LogP contribution in [0.4, 0.5) is 5.69 Å². The van der Waals surface area contributed by atoms with Crippen LogP contribution in [0.25, 0.3) is 0 Å². The zero-order chi connectivity index (χ0) is 13.3. The number of hydrogen-bond donors (Lipinski definition) is 2. The number of carbonyl (C=O) groups excluding carboxylic acids is 2. The topological polar surface area (TPSA) is 99.4 Å². The molecule has 0 saturated heterocycles. The van der Waals surface area contributed by atoms with Crippen molar-refractivity contribution in [3.05, 3.63) is 30.3 Å². The fourth-order valence-corrected chi connectivity index (χ4v) is 1.49. The molecule has 0 radical (unpaired) electrons. The van der Waals surface area contributed by atoms with Gasteiger partial charge in [-0.25, -0.2) is 4.79 Å². The lowest BCUT2D eigenvalue weighted by Crippen LogP contribution is -2.49. The maximum Gasteiger partial charge on any atom is 0.360 e. The summed E-state index contributed by atoms with van der Waals surface area (Å²) in [6, 6.07) is 8.09. The Morgan fingerprint density at radius 1 is 1.33 bits per heavy atom. The van der Waals surface area contributed by atoms with Gasteiger partial charge in [0.05, 0.1) is 12.8 Å². The highest BCUT2D eigenvalue weighted by atomic mass is 16.5. The summed E-state index contributed by atoms with van der Waals surface area (Å²) >= 11 is 0. The Kier molecular flexibility index (Phi) is 2.85. The molecule has 2 rings (SSSR count). The molecule has 0 spiro atoms. The second kappa shape index (κ2) is 4.21. The van der Waals surface area contributed by atoms with E-state index < -0.39 is 23.4 Å². The molecule has 1 aromatic carbocycles. The van der Waals surface area contributed by atoms with E-state index in [1.54, 1.807) is 18.2 Å². The van der Waals surface area contributed by atoms with Crippen LogP contribution in [-0.2, 0) is 14.3 Å². The van der Waals surface area contributed by atoms with Gasteiger partial charge < -0.3 is 14.9 Å². The Morgan fingerprint density at radius 2 is 1.94 bits per heavy atom. The highest BCUT2D eigenvalue weighted by Gasteiger charge is 2.53. The highest BCUT2D eigenvalue weighted by Crippen LogP contribution is 2.25. The van der Waals surface area contributed by atoms with E-state index in [1.807, 2.05) is 0 Å². The average Bonchev–Trinajstić information content (AvgIpc) is 2.62. The van der Waals surface area contributed by atoms with E-state index in [-0.39, 0.29) is 0 Å². The third-order valence-corrected chi connectivity index (χ3v) is 2.40. The number of rotatable bonds is 2. The van der Waals surface area contributed by atoms with Crippen molar-refractivity contribution in [1.29, 1.82) is 0 Å². The number of amides is 1. The minimum absolute atomic E-state index is 0.314. The molecule has 1 heterocycles. The number of hydrogen-bond acceptors (Lipinski definition) is 6. The van der Waals surface area contributed by atoms with Gasteiger partial charge in [-0.15, -0.1) is 0 Å². The summed E-state index contributed by atoms with van der Waals surface area (Å²) in [5.74, 6) is -5.18. The standard InChI is InChI=1S/C11H10N2O5/c1-18-9(14)8-11(16,17)10(15)13(12-8)7-5-3-2-4-6-7/h2-6,16-17H,1H3. The number of anilines is 1. The van der Waals surface area contributed by atoms with Gasteiger partial charge >= 0.3 is 17.7 Å². The van der Waals surface area contributed by atoms with E-state index >= 15 is 0 Å². The first-order chi connectivity index (χ1) is 8.48. The Morgan fingerprint density at radius 3 is 2.50 bits per heavy atom. The van der Waals surface area contributed by atoms with E-state index in [2.05, 4.69) is 9.84 Å². The van der Waals surface area contributed by atoms with Gasteiger partial charge in [-0.3, -0.25) is 4.79 Å². The predicted octanol–water partition coefficient (Wildman–Crippen LogP) is -0.757. The zero-order valence-corrected chi connectivity index (χ0v) is 9.40. The predicted molar refractivity (Wildman–Crippen MR) is 60.5 cm³/mol. The normalized spacial score (nSPS) is 17.6. The fraction of sp³-hybridized carbons (Fsp3) is 0.182. The molecule has 1 aliphatic rings. The number of benzene rings is 1. The molecule has 18 heavy (non-hydrogen) atoms. The molecule has 7 nitrogen and oxygen atoms in total. The van der Waals surface area contributed by atoms with Crippen molar-refractivity contribution >= 4 is 23.3 Å². The van der Waals surface area contributed by atoms with Gasteiger partial charge in [-0.05, 0) is 12.1 Å². The molecule has 0 atom stereocenters. The molecule has 0 aromatic heterocycles. The maximum absolute atomic E-state index is 11.8. The summed E-state index contributed by atoms with van der Waals surface area (Å²) in [6.07, 6.45) is 0. The van der Waals surface area contributed by atoms with Gasteiger partial charge in [0.25, 0.3) is 0 Å². The number of hydrazone groups is 1. The molecule has 1 aromatic rings. The fourth-order valence-electron chi connectivity index (χ4n) is 1.49. The molecule has 0 fully saturated rings. The molecule has 7 heteroatoms. The number of aliphatic hydroxyl groups is 2. The molecule has 0 bridgehead atoms. The number of esters is 1. The molecular weight excluding hydrogens is 240 g/mol. The number of nitrogens with zero attached hydrogens (tertiary/aromatic N) is 2. The summed E-state index contributed by atoms with van der Waals surface area (Å²) < 4.78 is 4.33. The first kappa shape index (κ1) is 12.2. The summed E-state index contributed by atoms with van der Waals surface area (Å²) in [7, 11) is 1.05. The van der Waals surface area contributed by atoms with Crippen LogP contribution in [0, 0.1) is 0 Å². The minimum Gasteiger partial charge on any atom is -0.464 e. The van der Waals surface area contributed by atoms with Crippen molar-refractivity contribution in [2.24, 2.45) is 5.10 Å². The smallest absolute Gasteiger partial charge is 0.360 e. The summed E-state index contributed by atoms with van der Waals surface area (Å²) in [5, 5.41) is 23.5. The highest BCUT2D eigenvalue weighted by molar-refractivity contribution is 6.46. The molecule has 2 N–H and O–H groups in total. The molecule has 0 saturated carbocycles. The lowest BCUT2D eigenvalue weighted by atomic mass is 10.1. The van der Waals surface area contributed by atoms with Crippen LogP contribution in [0.1, 0.15) is 0 Å². The first-order valence-electron chi connectivity index (χ1n) is 5.00. The lowest BCUT2D eigenvalue weighted by molar-refractivity contribution is -0.159. The zero-order valence-electron chi connectivity index (χ0n) is 9.40. The van der Waals surface area contributed by atoms with Crippen LogP contribution in [0.3, 0.4) is 0 Å². The van der Waals surface area contributed by atoms with Crippen molar-refractivity contribution in [2.75, 3.05) is 12.1 Å². The van der Waals surface area contributed by atoms with Gasteiger partial charge in [-0.2, -0.15) is 10.1 Å². The Hall–Kier alpha value is -2.25. The molecule has 0 aliphatic carbocycles. The van der Waals surface area contributed by atoms with E-state index in [0.717, 1.165) is 12.1 Å². The summed E-state index contributed by atoms with van der Waals surface area (Å²) in [4.78, 5) is 23.1. The van der Waals surface area contributed by atoms with Crippen molar-refractivity contribution in [2.45, 2.75) is 5.79 Å². The van der Waals surface area contributed by atoms with E-state index in [1.165, 1.54) is 12.1 Å². The van der Waals surface area contributed by atoms with E-state index in [4.69, 9.17) is 0 Å². The third kappa shape index (κ3) is 1.75. The molecular formula is C11H10N2O5. The van der Waals surface area contributed by atoms with Crippen molar-refractivity contribution in [1.82, 2.24) is 0 Å². The van der Waals surface area contributed by atoms with E-state index in [9.17, 15) is 19.8 Å². The third-order valence-electron chi connectivity index (χ3n) is 2.40. The van der Waals surface area contributed by atoms with Gasteiger partial charge in [0, 0.05) is 0 Å². The Labute approximate surface area is 102 Å². The first-order valence-corrected chi connectivity index (χ1v) is 5.00. The van der Waals surface area contributed by atoms with Crippen molar-refractivity contribution < 1.29 is 24.5 Å². The van der Waals surface area contributed by atoms with E-state index in [0.29, 0.717) is 5.69 Å². The Bertz CT molecular complexity index is 523. The Balaban J connectivity index is 2.44. The van der Waals surface area contributed by atoms with Crippen LogP contribution >= 0.6 is 0 Å². The SMILES string of the molecule is COC(=O)C1=NN(c2ccccc2)C(=O)C1(O)O. The van der Waals surface area contributed by atoms with Crippen LogP contribution in [-0.4, -0.2) is 40.7 Å². The van der Waals surface area contributed by atoms with Gasteiger partial charge in [0.1, 0.15) is 0 Å². The summed E-state index contributed by atoms with van der Waals surface area (Å²) in [5.41, 5.74) is -0.451. The minimum atomic E-state index is -2.97. The second-order valence-electron chi connectivity index (χ2n) is 3.56. The van der Waals surface area contributed by atoms with Gasteiger partial charge in [0.2, 0.25) is 5.71 Å². The molecule has 1 amide bonds. The second-order valence-corrected chi connectivity index (χ2v) is 3.56. The van der Waals surface area contributed by atoms with Crippen molar-refractivity contribution in [3.63, 3.8) is 0 Å². The summed E-state index contributed by atoms with van der Waals surface area (Å²) in [6.45, 7) is 0. The number of ether oxygens (including phenoxy) is 1. The number of para-hydroxylation sites is 1. The largest absolute Gasteiger partial charge is 0.464 e. The van der Waals surface area contributed by atoms with Crippen LogP contribution in [0.5, 0.6) is 0 Å². The average molecular weight is 250 g/mol. The molecule has 94 valence electrons. The van der Waals surface area contributed by atoms with Crippen LogP contribution in [0.2, 0.25) is 0 Å². The van der Waals surface area contributed by atoms with Crippen molar-refractivity contribution in [3.8, 4) is 0 Å². The van der Waals surface area contributed by atoms with Crippen LogP contribution in [0.15, 0.2) is 35.4 Å². The monoisotopic (exact) mass is 250 g/mol. The van der Waals surface area contributed by atoms with Gasteiger partial charge in [-0.1, -0.05) is 18.2 Å². The van der Waals surface area contributed by atoms with Crippen LogP contribution < -0.4 is 5.01 Å². The number of carbonyl (C=O) groups is 2. The molecule has 1 aliphatic heterocycles. The van der Waals surface area contributed by atoms with Gasteiger partial charge in [0.15, 0.2) is 0 Å². The lowest BCUT2D eigenvalue weighted by Gasteiger charge is -2.15. The maximum atomic E-state index is 11.8.